The van der Waals surface area contributed by atoms with Gasteiger partial charge < -0.3 is 5.32 Å². The topological polar surface area (TPSA) is 83.8 Å². The lowest BCUT2D eigenvalue weighted by Gasteiger charge is -2.21. The van der Waals surface area contributed by atoms with Crippen LogP contribution < -0.4 is 10.8 Å². The van der Waals surface area contributed by atoms with Crippen LogP contribution in [0.5, 0.6) is 0 Å². The third kappa shape index (κ3) is 3.50. The summed E-state index contributed by atoms with van der Waals surface area (Å²) in [6.45, 7) is 3.46. The second kappa shape index (κ2) is 7.18. The molecule has 2 saturated carbocycles. The quantitative estimate of drug-likeness (QED) is 0.809. The molecule has 3 amide bonds. The first-order valence-electron chi connectivity index (χ1n) is 10.3. The number of carbonyl (C=O) groups is 3. The van der Waals surface area contributed by atoms with Gasteiger partial charge in [0.15, 0.2) is 0 Å². The Morgan fingerprint density at radius 1 is 1.21 bits per heavy atom. The van der Waals surface area contributed by atoms with Gasteiger partial charge in [0.05, 0.1) is 6.04 Å². The van der Waals surface area contributed by atoms with Crippen LogP contribution in [-0.4, -0.2) is 45.4 Å². The number of nitrogens with zero attached hydrogens (tertiary/aromatic N) is 3. The predicted molar refractivity (Wildman–Crippen MR) is 104 cm³/mol. The van der Waals surface area contributed by atoms with Crippen molar-refractivity contribution in [1.82, 2.24) is 14.8 Å². The van der Waals surface area contributed by atoms with E-state index in [2.05, 4.69) is 5.32 Å². The maximum atomic E-state index is 13.0. The Balaban J connectivity index is 1.57. The number of rotatable bonds is 4. The maximum Gasteiger partial charge on any atom is 0.325 e. The number of imide groups is 1. The maximum absolute atomic E-state index is 13.0. The molecule has 1 atom stereocenters. The van der Waals surface area contributed by atoms with E-state index in [1.165, 1.54) is 11.0 Å². The van der Waals surface area contributed by atoms with Gasteiger partial charge in [-0.25, -0.2) is 4.79 Å². The number of aryl methyl sites for hydroxylation is 1. The number of hydrogen-bond acceptors (Lipinski definition) is 4. The van der Waals surface area contributed by atoms with Crippen molar-refractivity contribution in [1.29, 1.82) is 0 Å². The van der Waals surface area contributed by atoms with Gasteiger partial charge in [-0.15, -0.1) is 0 Å². The van der Waals surface area contributed by atoms with Crippen LogP contribution in [0, 0.1) is 12.8 Å². The van der Waals surface area contributed by atoms with E-state index in [9.17, 15) is 14.4 Å². The minimum Gasteiger partial charge on any atom is -0.323 e. The van der Waals surface area contributed by atoms with Crippen molar-refractivity contribution in [2.75, 3.05) is 6.54 Å². The van der Waals surface area contributed by atoms with Gasteiger partial charge in [0.1, 0.15) is 17.6 Å². The summed E-state index contributed by atoms with van der Waals surface area (Å²) in [6.07, 6.45) is 9.20. The van der Waals surface area contributed by atoms with E-state index in [1.807, 2.05) is 19.1 Å². The summed E-state index contributed by atoms with van der Waals surface area (Å²) in [5.74, 6) is -0.446. The number of amides is 3. The molecule has 1 N–H and O–H groups in total. The summed E-state index contributed by atoms with van der Waals surface area (Å²) >= 11 is 0. The fourth-order valence-corrected chi connectivity index (χ4v) is 4.31. The number of carbonyl (C=O) groups excluding carboxylic acids is 3. The SMILES string of the molecule is Cc1ccn(C(=O)CN2C(=O)NC(C)(C3CC3)C2=O)c(=NC2CCCCC2)c1. The summed E-state index contributed by atoms with van der Waals surface area (Å²) in [6, 6.07) is 3.49. The van der Waals surface area contributed by atoms with Crippen molar-refractivity contribution in [3.63, 3.8) is 0 Å². The summed E-state index contributed by atoms with van der Waals surface area (Å²) < 4.78 is 1.48. The highest BCUT2D eigenvalue weighted by molar-refractivity contribution is 6.09. The van der Waals surface area contributed by atoms with E-state index in [0.717, 1.165) is 49.0 Å². The van der Waals surface area contributed by atoms with E-state index in [-0.39, 0.29) is 30.3 Å². The molecule has 1 unspecified atom stereocenters. The Hall–Kier alpha value is -2.44. The fraction of sp³-hybridized carbons (Fsp3) is 0.619. The Morgan fingerprint density at radius 3 is 2.61 bits per heavy atom. The summed E-state index contributed by atoms with van der Waals surface area (Å²) in [4.78, 5) is 44.0. The van der Waals surface area contributed by atoms with E-state index >= 15 is 0 Å². The number of nitrogens with one attached hydrogen (secondary N) is 1. The number of aromatic nitrogens is 1. The molecule has 7 heteroatoms. The Labute approximate surface area is 164 Å². The van der Waals surface area contributed by atoms with Crippen LogP contribution in [0.15, 0.2) is 23.3 Å². The molecule has 2 aliphatic carbocycles. The van der Waals surface area contributed by atoms with Crippen LogP contribution in [-0.2, 0) is 4.79 Å². The van der Waals surface area contributed by atoms with Crippen molar-refractivity contribution in [3.8, 4) is 0 Å². The van der Waals surface area contributed by atoms with Crippen LogP contribution >= 0.6 is 0 Å². The monoisotopic (exact) mass is 384 g/mol. The van der Waals surface area contributed by atoms with Crippen LogP contribution in [0.25, 0.3) is 0 Å². The van der Waals surface area contributed by atoms with Gasteiger partial charge in [0, 0.05) is 6.20 Å². The van der Waals surface area contributed by atoms with Gasteiger partial charge in [-0.3, -0.25) is 24.0 Å². The van der Waals surface area contributed by atoms with Gasteiger partial charge in [0.2, 0.25) is 0 Å². The second-order valence-electron chi connectivity index (χ2n) is 8.55. The van der Waals surface area contributed by atoms with E-state index < -0.39 is 11.6 Å². The lowest BCUT2D eigenvalue weighted by molar-refractivity contribution is -0.131. The molecule has 150 valence electrons. The van der Waals surface area contributed by atoms with E-state index in [4.69, 9.17) is 4.99 Å². The first-order chi connectivity index (χ1) is 13.4. The number of urea groups is 1. The zero-order chi connectivity index (χ0) is 19.9. The second-order valence-corrected chi connectivity index (χ2v) is 8.55. The van der Waals surface area contributed by atoms with Crippen LogP contribution in [0.3, 0.4) is 0 Å². The smallest absolute Gasteiger partial charge is 0.323 e. The molecule has 1 aromatic rings. The molecule has 3 fully saturated rings. The summed E-state index contributed by atoms with van der Waals surface area (Å²) in [5, 5.41) is 2.79. The molecule has 7 nitrogen and oxygen atoms in total. The molecule has 2 heterocycles. The van der Waals surface area contributed by atoms with Crippen LogP contribution in [0.2, 0.25) is 0 Å². The van der Waals surface area contributed by atoms with E-state index in [0.29, 0.717) is 5.49 Å². The molecular formula is C21H28N4O3. The fourth-order valence-electron chi connectivity index (χ4n) is 4.31. The summed E-state index contributed by atoms with van der Waals surface area (Å²) in [5.41, 5.74) is 0.758. The van der Waals surface area contributed by atoms with Crippen molar-refractivity contribution < 1.29 is 14.4 Å². The molecule has 3 aliphatic rings. The molecule has 0 aromatic carbocycles. The molecule has 1 aliphatic heterocycles. The van der Waals surface area contributed by atoms with Crippen molar-refractivity contribution in [2.45, 2.75) is 70.4 Å². The average molecular weight is 384 g/mol. The molecule has 1 saturated heterocycles. The number of pyridine rings is 1. The van der Waals surface area contributed by atoms with Crippen molar-refractivity contribution in [3.05, 3.63) is 29.4 Å². The van der Waals surface area contributed by atoms with Crippen molar-refractivity contribution in [2.24, 2.45) is 10.9 Å². The van der Waals surface area contributed by atoms with Gasteiger partial charge in [-0.2, -0.15) is 0 Å². The largest absolute Gasteiger partial charge is 0.325 e. The molecule has 4 rings (SSSR count). The van der Waals surface area contributed by atoms with Gasteiger partial charge in [-0.05, 0) is 63.1 Å². The Bertz CT molecular complexity index is 880. The first kappa shape index (κ1) is 18.9. The third-order valence-electron chi connectivity index (χ3n) is 6.24. The lowest BCUT2D eigenvalue weighted by atomic mass is 9.96. The van der Waals surface area contributed by atoms with Gasteiger partial charge in [0.25, 0.3) is 11.8 Å². The predicted octanol–water partition coefficient (Wildman–Crippen LogP) is 2.39. The zero-order valence-electron chi connectivity index (χ0n) is 16.6. The molecule has 0 bridgehead atoms. The third-order valence-corrected chi connectivity index (χ3v) is 6.24. The minimum atomic E-state index is -0.870. The van der Waals surface area contributed by atoms with Gasteiger partial charge in [-0.1, -0.05) is 19.3 Å². The Morgan fingerprint density at radius 2 is 1.93 bits per heavy atom. The first-order valence-corrected chi connectivity index (χ1v) is 10.3. The normalized spacial score (nSPS) is 26.6. The number of hydrogen-bond donors (Lipinski definition) is 1. The molecule has 0 spiro atoms. The highest BCUT2D eigenvalue weighted by atomic mass is 16.2. The molecule has 0 radical (unpaired) electrons. The Kier molecular flexibility index (Phi) is 4.85. The highest BCUT2D eigenvalue weighted by Crippen LogP contribution is 2.42. The molecular weight excluding hydrogens is 356 g/mol. The lowest BCUT2D eigenvalue weighted by Crippen LogP contribution is -2.46. The highest BCUT2D eigenvalue weighted by Gasteiger charge is 2.56. The van der Waals surface area contributed by atoms with Crippen LogP contribution in [0.4, 0.5) is 4.79 Å². The molecule has 1 aromatic heterocycles. The van der Waals surface area contributed by atoms with Crippen LogP contribution in [0.1, 0.15) is 62.2 Å². The minimum absolute atomic E-state index is 0.174. The standard InChI is InChI=1S/C21H28N4O3/c1-14-10-11-24(17(12-14)22-16-6-4-3-5-7-16)18(26)13-25-19(27)21(2,15-8-9-15)23-20(25)28/h10-12,15-16H,3-9,13H2,1-2H3,(H,23,28). The van der Waals surface area contributed by atoms with E-state index in [1.54, 1.807) is 13.1 Å². The van der Waals surface area contributed by atoms with Crippen molar-refractivity contribution >= 4 is 17.8 Å². The summed E-state index contributed by atoms with van der Waals surface area (Å²) in [7, 11) is 0. The molecule has 28 heavy (non-hydrogen) atoms. The average Bonchev–Trinajstić information content (AvgIpc) is 3.49. The van der Waals surface area contributed by atoms with Gasteiger partial charge >= 0.3 is 6.03 Å². The zero-order valence-corrected chi connectivity index (χ0v) is 16.6.